The van der Waals surface area contributed by atoms with E-state index in [4.69, 9.17) is 0 Å². The minimum Gasteiger partial charge on any atom is -0.313 e. The zero-order chi connectivity index (χ0) is 14.4. The minimum absolute atomic E-state index is 0.184. The Hall–Kier alpha value is -0.670. The van der Waals surface area contributed by atoms with Gasteiger partial charge in [-0.15, -0.1) is 0 Å². The fraction of sp³-hybridized carbons (Fsp3) is 0.500. The molecule has 0 bridgehead atoms. The van der Waals surface area contributed by atoms with Crippen molar-refractivity contribution in [3.05, 3.63) is 39.6 Å². The first kappa shape index (κ1) is 16.4. The molecule has 0 spiro atoms. The van der Waals surface area contributed by atoms with Crippen molar-refractivity contribution in [2.45, 2.75) is 27.7 Å². The summed E-state index contributed by atoms with van der Waals surface area (Å²) >= 11 is 3.28. The van der Waals surface area contributed by atoms with Gasteiger partial charge in [-0.05, 0) is 30.5 Å². The molecule has 0 radical (unpaired) electrons. The smallest absolute Gasteiger partial charge is 0.131 e. The van der Waals surface area contributed by atoms with Crippen LogP contribution in [0.25, 0.3) is 6.08 Å². The first-order valence-electron chi connectivity index (χ1n) is 6.76. The number of nitrogens with one attached hydrogen (secondary N) is 1. The largest absolute Gasteiger partial charge is 0.313 e. The van der Waals surface area contributed by atoms with E-state index in [1.807, 2.05) is 18.2 Å². The predicted molar refractivity (Wildman–Crippen MR) is 84.6 cm³/mol. The third-order valence-electron chi connectivity index (χ3n) is 2.93. The highest BCUT2D eigenvalue weighted by molar-refractivity contribution is 9.10. The van der Waals surface area contributed by atoms with Gasteiger partial charge >= 0.3 is 0 Å². The highest BCUT2D eigenvalue weighted by Crippen LogP contribution is 2.20. The first-order chi connectivity index (χ1) is 8.90. The van der Waals surface area contributed by atoms with E-state index in [1.54, 1.807) is 0 Å². The second-order valence-electron chi connectivity index (χ2n) is 5.56. The van der Waals surface area contributed by atoms with Crippen LogP contribution in [0.15, 0.2) is 28.2 Å². The highest BCUT2D eigenvalue weighted by atomic mass is 79.9. The van der Waals surface area contributed by atoms with Crippen molar-refractivity contribution in [3.8, 4) is 0 Å². The third-order valence-corrected chi connectivity index (χ3v) is 3.42. The minimum atomic E-state index is -0.184. The van der Waals surface area contributed by atoms with Crippen LogP contribution in [0.2, 0.25) is 0 Å². The van der Waals surface area contributed by atoms with Crippen molar-refractivity contribution >= 4 is 22.0 Å². The molecule has 0 fully saturated rings. The second-order valence-corrected chi connectivity index (χ2v) is 6.48. The molecule has 0 saturated heterocycles. The molecule has 0 aliphatic heterocycles. The van der Waals surface area contributed by atoms with Crippen molar-refractivity contribution in [2.75, 3.05) is 13.1 Å². The monoisotopic (exact) mass is 327 g/mol. The van der Waals surface area contributed by atoms with Crippen LogP contribution >= 0.6 is 15.9 Å². The van der Waals surface area contributed by atoms with E-state index in [9.17, 15) is 4.39 Å². The zero-order valence-corrected chi connectivity index (χ0v) is 13.7. The summed E-state index contributed by atoms with van der Waals surface area (Å²) in [5.41, 5.74) is 1.88. The van der Waals surface area contributed by atoms with Crippen LogP contribution in [-0.4, -0.2) is 13.1 Å². The average molecular weight is 328 g/mol. The van der Waals surface area contributed by atoms with Gasteiger partial charge < -0.3 is 5.32 Å². The topological polar surface area (TPSA) is 12.0 Å². The van der Waals surface area contributed by atoms with Gasteiger partial charge in [0.05, 0.1) is 0 Å². The molecule has 1 rings (SSSR count). The fourth-order valence-electron chi connectivity index (χ4n) is 1.75. The van der Waals surface area contributed by atoms with Crippen molar-refractivity contribution in [1.82, 2.24) is 5.32 Å². The molecule has 0 aliphatic rings. The summed E-state index contributed by atoms with van der Waals surface area (Å²) in [6, 6.07) is 5.18. The lowest BCUT2D eigenvalue weighted by Crippen LogP contribution is -2.23. The molecule has 0 heterocycles. The summed E-state index contributed by atoms with van der Waals surface area (Å²) in [6.45, 7) is 10.4. The van der Waals surface area contributed by atoms with Gasteiger partial charge in [0.1, 0.15) is 5.82 Å². The van der Waals surface area contributed by atoms with Crippen LogP contribution in [0.4, 0.5) is 4.39 Å². The predicted octanol–water partition coefficient (Wildman–Crippen LogP) is 4.87. The SMILES string of the molecule is CC(C)CNCC(=Cc1ccc(Br)cc1F)C(C)C. The van der Waals surface area contributed by atoms with Gasteiger partial charge in [-0.3, -0.25) is 0 Å². The molecule has 0 aromatic heterocycles. The Morgan fingerprint density at radius 1 is 1.32 bits per heavy atom. The maximum Gasteiger partial charge on any atom is 0.131 e. The summed E-state index contributed by atoms with van der Waals surface area (Å²) in [5.74, 6) is 0.844. The Bertz CT molecular complexity index is 438. The molecule has 19 heavy (non-hydrogen) atoms. The van der Waals surface area contributed by atoms with E-state index in [0.717, 1.165) is 17.6 Å². The molecule has 0 saturated carbocycles. The summed E-state index contributed by atoms with van der Waals surface area (Å²) in [6.07, 6.45) is 1.96. The van der Waals surface area contributed by atoms with Crippen LogP contribution in [0.1, 0.15) is 33.3 Å². The Balaban J connectivity index is 2.82. The lowest BCUT2D eigenvalue weighted by molar-refractivity contribution is 0.558. The third kappa shape index (κ3) is 5.87. The van der Waals surface area contributed by atoms with Gasteiger partial charge in [-0.1, -0.05) is 61.3 Å². The number of benzene rings is 1. The lowest BCUT2D eigenvalue weighted by Gasteiger charge is -2.14. The van der Waals surface area contributed by atoms with Crippen molar-refractivity contribution in [3.63, 3.8) is 0 Å². The van der Waals surface area contributed by atoms with Gasteiger partial charge in [0, 0.05) is 16.6 Å². The molecule has 3 heteroatoms. The normalized spacial score (nSPS) is 12.5. The lowest BCUT2D eigenvalue weighted by atomic mass is 10.00. The summed E-state index contributed by atoms with van der Waals surface area (Å²) < 4.78 is 14.6. The molecule has 1 aromatic carbocycles. The van der Waals surface area contributed by atoms with Crippen LogP contribution in [0.3, 0.4) is 0 Å². The quantitative estimate of drug-likeness (QED) is 0.785. The van der Waals surface area contributed by atoms with Gasteiger partial charge in [0.25, 0.3) is 0 Å². The summed E-state index contributed by atoms with van der Waals surface area (Å²) in [5, 5.41) is 3.42. The Kier molecular flexibility index (Phi) is 6.73. The fourth-order valence-corrected chi connectivity index (χ4v) is 2.08. The van der Waals surface area contributed by atoms with E-state index < -0.39 is 0 Å². The highest BCUT2D eigenvalue weighted by Gasteiger charge is 2.07. The Morgan fingerprint density at radius 2 is 2.00 bits per heavy atom. The molecule has 1 N–H and O–H groups in total. The van der Waals surface area contributed by atoms with Crippen LogP contribution in [-0.2, 0) is 0 Å². The maximum absolute atomic E-state index is 13.8. The Labute approximate surface area is 124 Å². The van der Waals surface area contributed by atoms with Crippen molar-refractivity contribution < 1.29 is 4.39 Å². The molecule has 0 amide bonds. The van der Waals surface area contributed by atoms with Crippen LogP contribution in [0.5, 0.6) is 0 Å². The number of hydrogen-bond acceptors (Lipinski definition) is 1. The average Bonchev–Trinajstić information content (AvgIpc) is 2.30. The molecule has 0 unspecified atom stereocenters. The van der Waals surface area contributed by atoms with E-state index in [1.165, 1.54) is 11.6 Å². The molecule has 0 aliphatic carbocycles. The standard InChI is InChI=1S/C16H23BrFN/c1-11(2)9-19-10-14(12(3)4)7-13-5-6-15(17)8-16(13)18/h5-8,11-12,19H,9-10H2,1-4H3. The van der Waals surface area contributed by atoms with E-state index in [-0.39, 0.29) is 5.82 Å². The van der Waals surface area contributed by atoms with E-state index in [0.29, 0.717) is 17.4 Å². The Morgan fingerprint density at radius 3 is 2.53 bits per heavy atom. The van der Waals surface area contributed by atoms with Gasteiger partial charge in [0.15, 0.2) is 0 Å². The van der Waals surface area contributed by atoms with Crippen molar-refractivity contribution in [2.24, 2.45) is 11.8 Å². The number of halogens is 2. The number of hydrogen-bond donors (Lipinski definition) is 1. The molecular weight excluding hydrogens is 305 g/mol. The maximum atomic E-state index is 13.8. The molecule has 0 atom stereocenters. The van der Waals surface area contributed by atoms with Crippen LogP contribution in [0, 0.1) is 17.7 Å². The molecule has 1 nitrogen and oxygen atoms in total. The molecular formula is C16H23BrFN. The van der Waals surface area contributed by atoms with Gasteiger partial charge in [-0.25, -0.2) is 4.39 Å². The summed E-state index contributed by atoms with van der Waals surface area (Å²) in [4.78, 5) is 0. The molecule has 106 valence electrons. The number of rotatable bonds is 6. The first-order valence-corrected chi connectivity index (χ1v) is 7.55. The van der Waals surface area contributed by atoms with Gasteiger partial charge in [0.2, 0.25) is 0 Å². The second kappa shape index (κ2) is 7.81. The van der Waals surface area contributed by atoms with Crippen LogP contribution < -0.4 is 5.32 Å². The zero-order valence-electron chi connectivity index (χ0n) is 12.1. The van der Waals surface area contributed by atoms with E-state index >= 15 is 0 Å². The van der Waals surface area contributed by atoms with E-state index in [2.05, 4.69) is 48.9 Å². The molecule has 1 aromatic rings. The van der Waals surface area contributed by atoms with Gasteiger partial charge in [-0.2, -0.15) is 0 Å². The van der Waals surface area contributed by atoms with Crippen molar-refractivity contribution in [1.29, 1.82) is 0 Å². The summed E-state index contributed by atoms with van der Waals surface area (Å²) in [7, 11) is 0.